The van der Waals surface area contributed by atoms with Gasteiger partial charge in [-0.3, -0.25) is 14.6 Å². The molecule has 0 aliphatic carbocycles. The van der Waals surface area contributed by atoms with Gasteiger partial charge in [0.1, 0.15) is 0 Å². The fraction of sp³-hybridized carbons (Fsp3) is 0.0526. The Morgan fingerprint density at radius 3 is 2.15 bits per heavy atom. The Balaban J connectivity index is 1.63. The molecule has 7 nitrogen and oxygen atoms in total. The molecule has 0 radical (unpaired) electrons. The van der Waals surface area contributed by atoms with Crippen molar-refractivity contribution >= 4 is 23.2 Å². The third-order valence-corrected chi connectivity index (χ3v) is 3.53. The smallest absolute Gasteiger partial charge is 0.257 e. The summed E-state index contributed by atoms with van der Waals surface area (Å²) < 4.78 is 4.96. The lowest BCUT2D eigenvalue weighted by Gasteiger charge is -2.08. The van der Waals surface area contributed by atoms with Crippen molar-refractivity contribution in [1.82, 2.24) is 9.97 Å². The van der Waals surface area contributed by atoms with E-state index < -0.39 is 0 Å². The number of ether oxygens (including phenoxy) is 1. The first-order chi connectivity index (χ1) is 12.7. The van der Waals surface area contributed by atoms with Gasteiger partial charge < -0.3 is 15.4 Å². The Morgan fingerprint density at radius 1 is 0.846 bits per heavy atom. The Hall–Kier alpha value is -3.74. The van der Waals surface area contributed by atoms with E-state index in [1.165, 1.54) is 13.3 Å². The van der Waals surface area contributed by atoms with Crippen molar-refractivity contribution in [3.63, 3.8) is 0 Å². The highest BCUT2D eigenvalue weighted by atomic mass is 16.5. The lowest BCUT2D eigenvalue weighted by molar-refractivity contribution is 0.101. The number of rotatable bonds is 5. The molecule has 2 amide bonds. The lowest BCUT2D eigenvalue weighted by atomic mass is 10.2. The molecule has 3 rings (SSSR count). The zero-order chi connectivity index (χ0) is 18.4. The number of nitrogens with zero attached hydrogens (tertiary/aromatic N) is 2. The number of methoxy groups -OCH3 is 1. The van der Waals surface area contributed by atoms with Crippen molar-refractivity contribution in [1.29, 1.82) is 0 Å². The van der Waals surface area contributed by atoms with Gasteiger partial charge in [0.2, 0.25) is 5.88 Å². The van der Waals surface area contributed by atoms with Crippen LogP contribution < -0.4 is 15.4 Å². The van der Waals surface area contributed by atoms with Crippen LogP contribution in [-0.2, 0) is 0 Å². The number of anilines is 2. The summed E-state index contributed by atoms with van der Waals surface area (Å²) in [6, 6.07) is 13.3. The van der Waals surface area contributed by atoms with Crippen molar-refractivity contribution in [2.24, 2.45) is 0 Å². The van der Waals surface area contributed by atoms with Crippen molar-refractivity contribution in [2.75, 3.05) is 17.7 Å². The van der Waals surface area contributed by atoms with Crippen LogP contribution in [0.5, 0.6) is 5.88 Å². The summed E-state index contributed by atoms with van der Waals surface area (Å²) in [6.45, 7) is 0. The van der Waals surface area contributed by atoms with Crippen LogP contribution >= 0.6 is 0 Å². The molecule has 0 unspecified atom stereocenters. The van der Waals surface area contributed by atoms with Gasteiger partial charge in [0, 0.05) is 29.7 Å². The molecule has 1 aromatic carbocycles. The van der Waals surface area contributed by atoms with Gasteiger partial charge >= 0.3 is 0 Å². The molecule has 2 N–H and O–H groups in total. The van der Waals surface area contributed by atoms with E-state index in [-0.39, 0.29) is 11.8 Å². The molecule has 130 valence electrons. The quantitative estimate of drug-likeness (QED) is 0.739. The molecule has 0 aliphatic heterocycles. The minimum atomic E-state index is -0.298. The molecule has 26 heavy (non-hydrogen) atoms. The second-order valence-corrected chi connectivity index (χ2v) is 5.32. The van der Waals surface area contributed by atoms with Crippen LogP contribution in [0.1, 0.15) is 20.7 Å². The van der Waals surface area contributed by atoms with Crippen LogP contribution in [0.2, 0.25) is 0 Å². The monoisotopic (exact) mass is 348 g/mol. The molecular weight excluding hydrogens is 332 g/mol. The van der Waals surface area contributed by atoms with Crippen molar-refractivity contribution in [3.05, 3.63) is 78.2 Å². The second kappa shape index (κ2) is 7.89. The number of benzene rings is 1. The molecule has 0 saturated carbocycles. The second-order valence-electron chi connectivity index (χ2n) is 5.32. The molecule has 0 saturated heterocycles. The maximum atomic E-state index is 12.2. The minimum absolute atomic E-state index is 0.254. The molecule has 0 atom stereocenters. The van der Waals surface area contributed by atoms with Crippen LogP contribution in [0.25, 0.3) is 0 Å². The van der Waals surface area contributed by atoms with Gasteiger partial charge in [0.25, 0.3) is 11.8 Å². The number of amides is 2. The number of hydrogen-bond acceptors (Lipinski definition) is 5. The van der Waals surface area contributed by atoms with Crippen LogP contribution in [0.4, 0.5) is 11.4 Å². The van der Waals surface area contributed by atoms with E-state index in [1.807, 2.05) is 0 Å². The van der Waals surface area contributed by atoms with Crippen LogP contribution in [0.15, 0.2) is 67.1 Å². The molecule has 0 aliphatic rings. The van der Waals surface area contributed by atoms with Crippen LogP contribution in [0.3, 0.4) is 0 Å². The van der Waals surface area contributed by atoms with Gasteiger partial charge in [-0.2, -0.15) is 0 Å². The van der Waals surface area contributed by atoms with E-state index in [1.54, 1.807) is 60.9 Å². The summed E-state index contributed by atoms with van der Waals surface area (Å²) in [5.74, 6) is -0.117. The van der Waals surface area contributed by atoms with Gasteiger partial charge in [0.15, 0.2) is 0 Å². The average Bonchev–Trinajstić information content (AvgIpc) is 2.69. The van der Waals surface area contributed by atoms with Gasteiger partial charge in [-0.05, 0) is 42.5 Å². The van der Waals surface area contributed by atoms with Gasteiger partial charge in [0.05, 0.1) is 24.6 Å². The largest absolute Gasteiger partial charge is 0.481 e. The zero-order valence-electron chi connectivity index (χ0n) is 14.0. The Morgan fingerprint density at radius 2 is 1.54 bits per heavy atom. The highest BCUT2D eigenvalue weighted by Gasteiger charge is 2.09. The Bertz CT molecular complexity index is 894. The van der Waals surface area contributed by atoms with E-state index in [0.29, 0.717) is 28.4 Å². The average molecular weight is 348 g/mol. The third-order valence-electron chi connectivity index (χ3n) is 3.53. The predicted molar refractivity (Wildman–Crippen MR) is 97.4 cm³/mol. The highest BCUT2D eigenvalue weighted by Crippen LogP contribution is 2.14. The standard InChI is InChI=1S/C19H16N4O3/c1-26-17-9-6-14(11-21-17)19(25)22-15-7-4-13(5-8-15)18(24)23-16-3-2-10-20-12-16/h2-12H,1H3,(H,22,25)(H,23,24). The Kier molecular flexibility index (Phi) is 5.19. The van der Waals surface area contributed by atoms with Gasteiger partial charge in [-0.15, -0.1) is 0 Å². The number of aromatic nitrogens is 2. The maximum absolute atomic E-state index is 12.2. The summed E-state index contributed by atoms with van der Waals surface area (Å²) in [4.78, 5) is 32.3. The van der Waals surface area contributed by atoms with E-state index in [9.17, 15) is 9.59 Å². The normalized spacial score (nSPS) is 10.0. The van der Waals surface area contributed by atoms with E-state index in [4.69, 9.17) is 4.74 Å². The number of hydrogen-bond donors (Lipinski definition) is 2. The number of pyridine rings is 2. The highest BCUT2D eigenvalue weighted by molar-refractivity contribution is 6.06. The van der Waals surface area contributed by atoms with Crippen LogP contribution in [0, 0.1) is 0 Å². The summed E-state index contributed by atoms with van der Waals surface area (Å²) in [6.07, 6.45) is 4.63. The van der Waals surface area contributed by atoms with E-state index in [0.717, 1.165) is 0 Å². The molecular formula is C19H16N4O3. The fourth-order valence-corrected chi connectivity index (χ4v) is 2.18. The van der Waals surface area contributed by atoms with Crippen LogP contribution in [-0.4, -0.2) is 28.9 Å². The summed E-state index contributed by atoms with van der Waals surface area (Å²) in [7, 11) is 1.51. The van der Waals surface area contributed by atoms with E-state index in [2.05, 4.69) is 20.6 Å². The van der Waals surface area contributed by atoms with Crippen molar-refractivity contribution in [3.8, 4) is 5.88 Å². The first-order valence-electron chi connectivity index (χ1n) is 7.78. The van der Waals surface area contributed by atoms with Gasteiger partial charge in [-0.25, -0.2) is 4.98 Å². The molecule has 2 aromatic heterocycles. The van der Waals surface area contributed by atoms with E-state index >= 15 is 0 Å². The SMILES string of the molecule is COc1ccc(C(=O)Nc2ccc(C(=O)Nc3cccnc3)cc2)cn1. The number of carbonyl (C=O) groups excluding carboxylic acids is 2. The van der Waals surface area contributed by atoms with Crippen molar-refractivity contribution < 1.29 is 14.3 Å². The molecule has 0 spiro atoms. The summed E-state index contributed by atoms with van der Waals surface area (Å²) in [5, 5.41) is 5.50. The molecule has 0 bridgehead atoms. The number of nitrogens with one attached hydrogen (secondary N) is 2. The molecule has 0 fully saturated rings. The fourth-order valence-electron chi connectivity index (χ4n) is 2.18. The summed E-state index contributed by atoms with van der Waals surface area (Å²) >= 11 is 0. The first kappa shape index (κ1) is 17.1. The minimum Gasteiger partial charge on any atom is -0.481 e. The first-order valence-corrected chi connectivity index (χ1v) is 7.78. The maximum Gasteiger partial charge on any atom is 0.257 e. The Labute approximate surface area is 150 Å². The number of carbonyl (C=O) groups is 2. The topological polar surface area (TPSA) is 93.2 Å². The zero-order valence-corrected chi connectivity index (χ0v) is 14.0. The predicted octanol–water partition coefficient (Wildman–Crippen LogP) is 2.99. The lowest BCUT2D eigenvalue weighted by Crippen LogP contribution is -2.14. The van der Waals surface area contributed by atoms with Gasteiger partial charge in [-0.1, -0.05) is 0 Å². The van der Waals surface area contributed by atoms with Crippen molar-refractivity contribution in [2.45, 2.75) is 0 Å². The molecule has 2 heterocycles. The molecule has 3 aromatic rings. The molecule has 7 heteroatoms. The third kappa shape index (κ3) is 4.21. The summed E-state index contributed by atoms with van der Waals surface area (Å²) in [5.41, 5.74) is 2.06.